The minimum atomic E-state index is 0.422. The molecule has 1 aromatic rings. The van der Waals surface area contributed by atoms with Gasteiger partial charge in [-0.3, -0.25) is 0 Å². The monoisotopic (exact) mass is 201 g/mol. The molecule has 2 rings (SSSR count). The van der Waals surface area contributed by atoms with E-state index < -0.39 is 0 Å². The van der Waals surface area contributed by atoms with Crippen molar-refractivity contribution in [2.45, 2.75) is 26.2 Å². The van der Waals surface area contributed by atoms with E-state index in [2.05, 4.69) is 10.4 Å². The maximum Gasteiger partial charge on any atom is 0.0934 e. The summed E-state index contributed by atoms with van der Waals surface area (Å²) in [5.41, 5.74) is 1.56. The molecule has 1 aliphatic rings. The van der Waals surface area contributed by atoms with E-state index in [0.717, 1.165) is 18.0 Å². The number of hydrogen-bond acceptors (Lipinski definition) is 2. The third-order valence-electron chi connectivity index (χ3n) is 2.43. The number of aromatic nitrogens is 1. The van der Waals surface area contributed by atoms with Gasteiger partial charge in [0, 0.05) is 23.4 Å². The maximum absolute atomic E-state index is 5.89. The molecule has 66 valence electrons. The molecule has 0 spiro atoms. The molecule has 0 atom stereocenters. The van der Waals surface area contributed by atoms with Crippen molar-refractivity contribution in [2.75, 3.05) is 5.88 Å². The summed E-state index contributed by atoms with van der Waals surface area (Å²) in [5.74, 6) is 0.797. The summed E-state index contributed by atoms with van der Waals surface area (Å²) < 4.78 is 0. The summed E-state index contributed by atoms with van der Waals surface area (Å²) in [5, 5.41) is 3.37. The van der Waals surface area contributed by atoms with Gasteiger partial charge in [0.2, 0.25) is 0 Å². The van der Waals surface area contributed by atoms with E-state index >= 15 is 0 Å². The molecule has 1 heterocycles. The Hall–Kier alpha value is -0.0800. The normalized spacial score (nSPS) is 19.5. The minimum Gasteiger partial charge on any atom is -0.247 e. The molecule has 1 aliphatic carbocycles. The molecule has 0 amide bonds. The van der Waals surface area contributed by atoms with Crippen molar-refractivity contribution in [3.63, 3.8) is 0 Å². The molecular weight excluding hydrogens is 190 g/mol. The van der Waals surface area contributed by atoms with Crippen LogP contribution in [0.25, 0.3) is 0 Å². The number of halogens is 1. The summed E-state index contributed by atoms with van der Waals surface area (Å²) in [6, 6.07) is 0. The number of alkyl halides is 1. The summed E-state index contributed by atoms with van der Waals surface area (Å²) >= 11 is 7.65. The van der Waals surface area contributed by atoms with Crippen LogP contribution in [0, 0.1) is 12.3 Å². The van der Waals surface area contributed by atoms with Crippen LogP contribution in [0.5, 0.6) is 0 Å². The average Bonchev–Trinajstić information content (AvgIpc) is 2.71. The van der Waals surface area contributed by atoms with Crippen molar-refractivity contribution < 1.29 is 0 Å². The molecule has 1 fully saturated rings. The second kappa shape index (κ2) is 3.00. The van der Waals surface area contributed by atoms with E-state index in [-0.39, 0.29) is 0 Å². The second-order valence-electron chi connectivity index (χ2n) is 3.69. The first kappa shape index (κ1) is 8.52. The molecule has 3 heteroatoms. The van der Waals surface area contributed by atoms with Crippen molar-refractivity contribution >= 4 is 22.9 Å². The molecule has 1 saturated carbocycles. The topological polar surface area (TPSA) is 12.9 Å². The quantitative estimate of drug-likeness (QED) is 0.686. The molecule has 1 aromatic heterocycles. The van der Waals surface area contributed by atoms with Crippen LogP contribution in [0.15, 0.2) is 5.38 Å². The number of nitrogens with zero attached hydrogens (tertiary/aromatic N) is 1. The van der Waals surface area contributed by atoms with Gasteiger partial charge in [-0.15, -0.1) is 22.9 Å². The van der Waals surface area contributed by atoms with E-state index in [1.807, 2.05) is 6.92 Å². The fourth-order valence-corrected chi connectivity index (χ4v) is 2.65. The van der Waals surface area contributed by atoms with Crippen molar-refractivity contribution in [1.29, 1.82) is 0 Å². The van der Waals surface area contributed by atoms with E-state index in [0.29, 0.717) is 5.41 Å². The Balaban J connectivity index is 2.04. The molecule has 0 aromatic carbocycles. The highest BCUT2D eigenvalue weighted by molar-refractivity contribution is 7.09. The van der Waals surface area contributed by atoms with Gasteiger partial charge in [-0.2, -0.15) is 0 Å². The Morgan fingerprint density at radius 2 is 2.42 bits per heavy atom. The Kier molecular flexibility index (Phi) is 2.13. The van der Waals surface area contributed by atoms with Gasteiger partial charge < -0.3 is 0 Å². The lowest BCUT2D eigenvalue weighted by atomic mass is 10.1. The number of hydrogen-bond donors (Lipinski definition) is 0. The third-order valence-corrected chi connectivity index (χ3v) is 3.97. The highest BCUT2D eigenvalue weighted by atomic mass is 35.5. The predicted octanol–water partition coefficient (Wildman–Crippen LogP) is 3.01. The Morgan fingerprint density at radius 1 is 1.67 bits per heavy atom. The predicted molar refractivity (Wildman–Crippen MR) is 52.9 cm³/mol. The first-order chi connectivity index (χ1) is 5.74. The lowest BCUT2D eigenvalue weighted by Crippen LogP contribution is -2.06. The SMILES string of the molecule is Cc1csc(CC2(CCl)CC2)n1. The van der Waals surface area contributed by atoms with Gasteiger partial charge in [-0.25, -0.2) is 4.98 Å². The zero-order valence-electron chi connectivity index (χ0n) is 7.14. The maximum atomic E-state index is 5.89. The summed E-state index contributed by atoms with van der Waals surface area (Å²) in [4.78, 5) is 4.44. The van der Waals surface area contributed by atoms with Crippen molar-refractivity contribution in [1.82, 2.24) is 4.98 Å². The lowest BCUT2D eigenvalue weighted by Gasteiger charge is -2.06. The minimum absolute atomic E-state index is 0.422. The van der Waals surface area contributed by atoms with Crippen LogP contribution in [0.4, 0.5) is 0 Å². The van der Waals surface area contributed by atoms with Gasteiger partial charge in [0.1, 0.15) is 0 Å². The largest absolute Gasteiger partial charge is 0.247 e. The number of rotatable bonds is 3. The Labute approximate surface area is 81.8 Å². The van der Waals surface area contributed by atoms with Gasteiger partial charge in [-0.1, -0.05) is 0 Å². The molecule has 0 bridgehead atoms. The zero-order chi connectivity index (χ0) is 8.60. The van der Waals surface area contributed by atoms with E-state index in [9.17, 15) is 0 Å². The molecule has 12 heavy (non-hydrogen) atoms. The summed E-state index contributed by atoms with van der Waals surface area (Å²) in [6.45, 7) is 2.04. The van der Waals surface area contributed by atoms with Crippen LogP contribution in [-0.4, -0.2) is 10.9 Å². The Bertz CT molecular complexity index is 278. The van der Waals surface area contributed by atoms with Crippen LogP contribution in [0.3, 0.4) is 0 Å². The highest BCUT2D eigenvalue weighted by Crippen LogP contribution is 2.49. The van der Waals surface area contributed by atoms with Crippen LogP contribution >= 0.6 is 22.9 Å². The molecule has 1 nitrogen and oxygen atoms in total. The van der Waals surface area contributed by atoms with Gasteiger partial charge in [0.05, 0.1) is 5.01 Å². The van der Waals surface area contributed by atoms with E-state index in [1.165, 1.54) is 17.8 Å². The standard InChI is InChI=1S/C9H12ClNS/c1-7-5-12-8(11-7)4-9(6-10)2-3-9/h5H,2-4,6H2,1H3. The van der Waals surface area contributed by atoms with E-state index in [4.69, 9.17) is 11.6 Å². The molecule has 0 unspecified atom stereocenters. The summed E-state index contributed by atoms with van der Waals surface area (Å²) in [7, 11) is 0. The van der Waals surface area contributed by atoms with Crippen LogP contribution < -0.4 is 0 Å². The number of aryl methyl sites for hydroxylation is 1. The molecule has 0 radical (unpaired) electrons. The Morgan fingerprint density at radius 3 is 2.83 bits per heavy atom. The van der Waals surface area contributed by atoms with Crippen LogP contribution in [0.1, 0.15) is 23.5 Å². The van der Waals surface area contributed by atoms with Gasteiger partial charge in [-0.05, 0) is 25.2 Å². The van der Waals surface area contributed by atoms with Crippen LogP contribution in [0.2, 0.25) is 0 Å². The van der Waals surface area contributed by atoms with Crippen molar-refractivity contribution in [2.24, 2.45) is 5.41 Å². The first-order valence-electron chi connectivity index (χ1n) is 4.21. The fraction of sp³-hybridized carbons (Fsp3) is 0.667. The van der Waals surface area contributed by atoms with Crippen molar-refractivity contribution in [3.05, 3.63) is 16.1 Å². The molecule has 0 N–H and O–H groups in total. The number of thiazole rings is 1. The fourth-order valence-electron chi connectivity index (χ4n) is 1.34. The third kappa shape index (κ3) is 1.64. The molecule has 0 saturated heterocycles. The van der Waals surface area contributed by atoms with Gasteiger partial charge in [0.25, 0.3) is 0 Å². The van der Waals surface area contributed by atoms with E-state index in [1.54, 1.807) is 11.3 Å². The first-order valence-corrected chi connectivity index (χ1v) is 5.62. The molecular formula is C9H12ClNS. The van der Waals surface area contributed by atoms with Gasteiger partial charge >= 0.3 is 0 Å². The highest BCUT2D eigenvalue weighted by Gasteiger charge is 2.42. The van der Waals surface area contributed by atoms with Crippen molar-refractivity contribution in [3.8, 4) is 0 Å². The zero-order valence-corrected chi connectivity index (χ0v) is 8.71. The molecule has 0 aliphatic heterocycles. The lowest BCUT2D eigenvalue weighted by molar-refractivity contribution is 0.575. The smallest absolute Gasteiger partial charge is 0.0934 e. The second-order valence-corrected chi connectivity index (χ2v) is 4.90. The summed E-state index contributed by atoms with van der Waals surface area (Å²) in [6.07, 6.45) is 3.67. The van der Waals surface area contributed by atoms with Gasteiger partial charge in [0.15, 0.2) is 0 Å². The average molecular weight is 202 g/mol. The van der Waals surface area contributed by atoms with Crippen LogP contribution in [-0.2, 0) is 6.42 Å².